The lowest BCUT2D eigenvalue weighted by Crippen LogP contribution is -2.36. The zero-order chi connectivity index (χ0) is 8.85. The fourth-order valence-electron chi connectivity index (χ4n) is 1.04. The summed E-state index contributed by atoms with van der Waals surface area (Å²) in [6.45, 7) is 6.13. The molecule has 0 spiro atoms. The Morgan fingerprint density at radius 1 is 1.36 bits per heavy atom. The summed E-state index contributed by atoms with van der Waals surface area (Å²) in [7, 11) is 0. The zero-order valence-electron chi connectivity index (χ0n) is 7.45. The van der Waals surface area contributed by atoms with Crippen LogP contribution in [0.2, 0.25) is 0 Å². The predicted octanol–water partition coefficient (Wildman–Crippen LogP) is 0.401. The molecule has 0 saturated carbocycles. The molecule has 0 aliphatic rings. The van der Waals surface area contributed by atoms with Crippen molar-refractivity contribution in [2.75, 3.05) is 13.2 Å². The molecule has 0 heterocycles. The fourth-order valence-corrected chi connectivity index (χ4v) is 1.04. The molecule has 0 aliphatic carbocycles. The van der Waals surface area contributed by atoms with Crippen LogP contribution in [-0.2, 0) is 4.74 Å². The normalized spacial score (nSPS) is 16.9. The predicted molar refractivity (Wildman–Crippen MR) is 43.3 cm³/mol. The summed E-state index contributed by atoms with van der Waals surface area (Å²) >= 11 is 0. The van der Waals surface area contributed by atoms with Crippen molar-refractivity contribution in [3.8, 4) is 0 Å². The molecule has 3 nitrogen and oxygen atoms in total. The van der Waals surface area contributed by atoms with Crippen LogP contribution >= 0.6 is 0 Å². The van der Waals surface area contributed by atoms with Crippen LogP contribution in [-0.4, -0.2) is 35.6 Å². The molecule has 0 bridgehead atoms. The van der Waals surface area contributed by atoms with E-state index in [1.54, 1.807) is 0 Å². The first kappa shape index (κ1) is 10.9. The minimum absolute atomic E-state index is 0.233. The molecular weight excluding hydrogens is 144 g/mol. The highest BCUT2D eigenvalue weighted by molar-refractivity contribution is 4.70. The number of rotatable bonds is 5. The average Bonchev–Trinajstić information content (AvgIpc) is 1.98. The van der Waals surface area contributed by atoms with E-state index in [0.29, 0.717) is 6.61 Å². The molecule has 0 fully saturated rings. The SMILES string of the molecule is CCO[C@@H](C(C)C)[C@H](O)CO. The first-order chi connectivity index (χ1) is 5.13. The summed E-state index contributed by atoms with van der Waals surface area (Å²) < 4.78 is 5.25. The molecule has 0 unspecified atom stereocenters. The summed E-state index contributed by atoms with van der Waals surface area (Å²) in [6, 6.07) is 0. The number of aliphatic hydroxyl groups is 2. The Morgan fingerprint density at radius 3 is 2.18 bits per heavy atom. The summed E-state index contributed by atoms with van der Waals surface area (Å²) in [5.74, 6) is 0.233. The lowest BCUT2D eigenvalue weighted by Gasteiger charge is -2.24. The highest BCUT2D eigenvalue weighted by Gasteiger charge is 2.21. The first-order valence-corrected chi connectivity index (χ1v) is 4.04. The number of aliphatic hydroxyl groups excluding tert-OH is 2. The molecule has 0 aromatic carbocycles. The van der Waals surface area contributed by atoms with E-state index in [1.807, 2.05) is 20.8 Å². The van der Waals surface area contributed by atoms with Gasteiger partial charge in [-0.3, -0.25) is 0 Å². The number of ether oxygens (including phenoxy) is 1. The molecule has 2 atom stereocenters. The summed E-state index contributed by atoms with van der Waals surface area (Å²) in [5, 5.41) is 17.9. The van der Waals surface area contributed by atoms with Gasteiger partial charge in [0.15, 0.2) is 0 Å². The summed E-state index contributed by atoms with van der Waals surface area (Å²) in [5.41, 5.74) is 0. The Labute approximate surface area is 68.0 Å². The smallest absolute Gasteiger partial charge is 0.103 e. The van der Waals surface area contributed by atoms with Gasteiger partial charge in [-0.25, -0.2) is 0 Å². The van der Waals surface area contributed by atoms with Crippen molar-refractivity contribution in [2.45, 2.75) is 33.0 Å². The van der Waals surface area contributed by atoms with Crippen molar-refractivity contribution < 1.29 is 14.9 Å². The monoisotopic (exact) mass is 162 g/mol. The molecule has 0 aromatic heterocycles. The van der Waals surface area contributed by atoms with Crippen molar-refractivity contribution in [3.63, 3.8) is 0 Å². The van der Waals surface area contributed by atoms with Gasteiger partial charge in [-0.15, -0.1) is 0 Å². The molecule has 0 aliphatic heterocycles. The van der Waals surface area contributed by atoms with Crippen molar-refractivity contribution in [1.29, 1.82) is 0 Å². The van der Waals surface area contributed by atoms with Gasteiger partial charge in [0.2, 0.25) is 0 Å². The van der Waals surface area contributed by atoms with Crippen molar-refractivity contribution in [1.82, 2.24) is 0 Å². The Hall–Kier alpha value is -0.120. The maximum Gasteiger partial charge on any atom is 0.103 e. The average molecular weight is 162 g/mol. The summed E-state index contributed by atoms with van der Waals surface area (Å²) in [6.07, 6.45) is -1.00. The largest absolute Gasteiger partial charge is 0.394 e. The Bertz CT molecular complexity index is 93.3. The fraction of sp³-hybridized carbons (Fsp3) is 1.00. The maximum absolute atomic E-state index is 9.24. The van der Waals surface area contributed by atoms with E-state index in [0.717, 1.165) is 0 Å². The van der Waals surface area contributed by atoms with Crippen LogP contribution in [0.3, 0.4) is 0 Å². The van der Waals surface area contributed by atoms with Crippen LogP contribution in [0, 0.1) is 5.92 Å². The van der Waals surface area contributed by atoms with Gasteiger partial charge >= 0.3 is 0 Å². The zero-order valence-corrected chi connectivity index (χ0v) is 7.45. The molecule has 0 saturated heterocycles. The Balaban J connectivity index is 3.87. The van der Waals surface area contributed by atoms with Crippen molar-refractivity contribution in [3.05, 3.63) is 0 Å². The van der Waals surface area contributed by atoms with E-state index in [9.17, 15) is 5.11 Å². The van der Waals surface area contributed by atoms with E-state index >= 15 is 0 Å². The third-order valence-electron chi connectivity index (χ3n) is 1.58. The highest BCUT2D eigenvalue weighted by Crippen LogP contribution is 2.10. The standard InChI is InChI=1S/C8H18O3/c1-4-11-8(6(2)3)7(10)5-9/h6-10H,4-5H2,1-3H3/t7-,8+/m1/s1. The van der Waals surface area contributed by atoms with Gasteiger partial charge in [0.1, 0.15) is 6.10 Å². The summed E-state index contributed by atoms with van der Waals surface area (Å²) in [4.78, 5) is 0. The van der Waals surface area contributed by atoms with Gasteiger partial charge in [0, 0.05) is 6.61 Å². The maximum atomic E-state index is 9.24. The van der Waals surface area contributed by atoms with Crippen LogP contribution in [0.1, 0.15) is 20.8 Å². The molecule has 0 aromatic rings. The van der Waals surface area contributed by atoms with Gasteiger partial charge in [-0.05, 0) is 12.8 Å². The topological polar surface area (TPSA) is 49.7 Å². The lowest BCUT2D eigenvalue weighted by atomic mass is 10.0. The van der Waals surface area contributed by atoms with E-state index in [1.165, 1.54) is 0 Å². The van der Waals surface area contributed by atoms with Gasteiger partial charge in [0.25, 0.3) is 0 Å². The van der Waals surface area contributed by atoms with Crippen LogP contribution in [0.5, 0.6) is 0 Å². The molecule has 3 heteroatoms. The Morgan fingerprint density at radius 2 is 1.91 bits per heavy atom. The third kappa shape index (κ3) is 3.70. The molecule has 68 valence electrons. The molecular formula is C8H18O3. The second-order valence-corrected chi connectivity index (χ2v) is 2.91. The van der Waals surface area contributed by atoms with Crippen LogP contribution in [0.25, 0.3) is 0 Å². The number of hydrogen-bond acceptors (Lipinski definition) is 3. The van der Waals surface area contributed by atoms with Crippen LogP contribution in [0.15, 0.2) is 0 Å². The van der Waals surface area contributed by atoms with Gasteiger partial charge in [-0.1, -0.05) is 13.8 Å². The van der Waals surface area contributed by atoms with Gasteiger partial charge < -0.3 is 14.9 Å². The minimum atomic E-state index is -0.755. The van der Waals surface area contributed by atoms with Crippen LogP contribution in [0.4, 0.5) is 0 Å². The quantitative estimate of drug-likeness (QED) is 0.615. The lowest BCUT2D eigenvalue weighted by molar-refractivity contribution is -0.0749. The van der Waals surface area contributed by atoms with E-state index in [4.69, 9.17) is 9.84 Å². The van der Waals surface area contributed by atoms with Crippen LogP contribution < -0.4 is 0 Å². The first-order valence-electron chi connectivity index (χ1n) is 4.04. The molecule has 0 radical (unpaired) electrons. The van der Waals surface area contributed by atoms with Crippen molar-refractivity contribution in [2.24, 2.45) is 5.92 Å². The van der Waals surface area contributed by atoms with E-state index < -0.39 is 6.10 Å². The second kappa shape index (κ2) is 5.52. The third-order valence-corrected chi connectivity index (χ3v) is 1.58. The van der Waals surface area contributed by atoms with E-state index in [-0.39, 0.29) is 18.6 Å². The molecule has 11 heavy (non-hydrogen) atoms. The highest BCUT2D eigenvalue weighted by atomic mass is 16.5. The van der Waals surface area contributed by atoms with Gasteiger partial charge in [0.05, 0.1) is 12.7 Å². The van der Waals surface area contributed by atoms with E-state index in [2.05, 4.69) is 0 Å². The second-order valence-electron chi connectivity index (χ2n) is 2.91. The number of hydrogen-bond donors (Lipinski definition) is 2. The Kier molecular flexibility index (Phi) is 5.46. The molecule has 0 amide bonds. The molecule has 0 rings (SSSR count). The van der Waals surface area contributed by atoms with Crippen molar-refractivity contribution >= 4 is 0 Å². The minimum Gasteiger partial charge on any atom is -0.394 e. The molecule has 2 N–H and O–H groups in total. The van der Waals surface area contributed by atoms with Gasteiger partial charge in [-0.2, -0.15) is 0 Å².